The van der Waals surface area contributed by atoms with Crippen LogP contribution in [-0.2, 0) is 24.4 Å². The van der Waals surface area contributed by atoms with Crippen molar-refractivity contribution in [2.45, 2.75) is 26.6 Å². The van der Waals surface area contributed by atoms with Crippen LogP contribution in [0.15, 0.2) is 36.4 Å². The second kappa shape index (κ2) is 6.45. The number of fused-ring (bicyclic) bond motifs is 1. The quantitative estimate of drug-likeness (QED) is 0.676. The summed E-state index contributed by atoms with van der Waals surface area (Å²) in [7, 11) is 1.67. The highest BCUT2D eigenvalue weighted by atomic mass is 16.5. The molecule has 0 spiro atoms. The topological polar surface area (TPSA) is 66.8 Å². The molecule has 5 heteroatoms. The van der Waals surface area contributed by atoms with Gasteiger partial charge in [-0.1, -0.05) is 24.3 Å². The number of carbonyl (C=O) groups is 2. The number of carboxylic acid groups (broad SMARTS) is 1. The Morgan fingerprint density at radius 2 is 1.88 bits per heavy atom. The smallest absolute Gasteiger partial charge is 0.377 e. The fourth-order valence-electron chi connectivity index (χ4n) is 3.06. The molecule has 0 radical (unpaired) electrons. The van der Waals surface area contributed by atoms with E-state index in [4.69, 9.17) is 9.84 Å². The van der Waals surface area contributed by atoms with Crippen LogP contribution < -0.4 is 4.74 Å². The molecule has 5 nitrogen and oxygen atoms in total. The first-order chi connectivity index (χ1) is 11.5. The number of methoxy groups -OCH3 is 1. The average molecular weight is 325 g/mol. The van der Waals surface area contributed by atoms with Crippen LogP contribution in [0.25, 0.3) is 0 Å². The van der Waals surface area contributed by atoms with E-state index in [2.05, 4.69) is 17.0 Å². The predicted molar refractivity (Wildman–Crippen MR) is 89.1 cm³/mol. The van der Waals surface area contributed by atoms with Crippen LogP contribution in [0.1, 0.15) is 32.6 Å². The number of Topliss-reactive ketones (excluding diaryl/α,β-unsaturated/α-hetero) is 1. The van der Waals surface area contributed by atoms with Gasteiger partial charge in [0.25, 0.3) is 5.78 Å². The molecular weight excluding hydrogens is 306 g/mol. The number of aliphatic carboxylic acids is 1. The van der Waals surface area contributed by atoms with Crippen LogP contribution in [0, 0.1) is 6.92 Å². The largest absolute Gasteiger partial charge is 0.496 e. The molecule has 0 saturated carbocycles. The van der Waals surface area contributed by atoms with Gasteiger partial charge in [-0.25, -0.2) is 4.79 Å². The Balaban J connectivity index is 1.77. The van der Waals surface area contributed by atoms with E-state index in [1.54, 1.807) is 19.2 Å². The van der Waals surface area contributed by atoms with Crippen LogP contribution in [-0.4, -0.2) is 28.9 Å². The number of hydrogen-bond acceptors (Lipinski definition) is 4. The third-order valence-electron chi connectivity index (χ3n) is 4.29. The Bertz CT molecular complexity index is 813. The van der Waals surface area contributed by atoms with Crippen molar-refractivity contribution in [1.29, 1.82) is 0 Å². The molecule has 0 aromatic heterocycles. The Morgan fingerprint density at radius 3 is 2.58 bits per heavy atom. The maximum absolute atomic E-state index is 11.6. The van der Waals surface area contributed by atoms with Crippen molar-refractivity contribution in [3.63, 3.8) is 0 Å². The van der Waals surface area contributed by atoms with Crippen molar-refractivity contribution in [3.8, 4) is 5.75 Å². The van der Waals surface area contributed by atoms with E-state index in [-0.39, 0.29) is 5.56 Å². The van der Waals surface area contributed by atoms with Gasteiger partial charge in [0, 0.05) is 30.8 Å². The molecule has 0 amide bonds. The van der Waals surface area contributed by atoms with Crippen molar-refractivity contribution in [2.24, 2.45) is 0 Å². The summed E-state index contributed by atoms with van der Waals surface area (Å²) in [6.45, 7) is 4.22. The van der Waals surface area contributed by atoms with Crippen LogP contribution >= 0.6 is 0 Å². The molecule has 1 aliphatic heterocycles. The molecule has 0 fully saturated rings. The van der Waals surface area contributed by atoms with E-state index < -0.39 is 11.8 Å². The van der Waals surface area contributed by atoms with E-state index >= 15 is 0 Å². The number of benzene rings is 2. The summed E-state index contributed by atoms with van der Waals surface area (Å²) in [6.07, 6.45) is 0. The minimum Gasteiger partial charge on any atom is -0.496 e. The lowest BCUT2D eigenvalue weighted by atomic mass is 10.0. The molecule has 24 heavy (non-hydrogen) atoms. The zero-order chi connectivity index (χ0) is 17.3. The molecule has 3 rings (SSSR count). The molecule has 0 saturated heterocycles. The van der Waals surface area contributed by atoms with Crippen molar-refractivity contribution in [3.05, 3.63) is 64.2 Å². The molecule has 0 unspecified atom stereocenters. The lowest BCUT2D eigenvalue weighted by molar-refractivity contribution is -0.131. The van der Waals surface area contributed by atoms with Crippen LogP contribution in [0.5, 0.6) is 5.75 Å². The first-order valence-corrected chi connectivity index (χ1v) is 7.73. The van der Waals surface area contributed by atoms with E-state index in [9.17, 15) is 9.59 Å². The zero-order valence-corrected chi connectivity index (χ0v) is 13.7. The van der Waals surface area contributed by atoms with E-state index in [0.717, 1.165) is 41.1 Å². The molecule has 1 heterocycles. The van der Waals surface area contributed by atoms with Gasteiger partial charge in [-0.15, -0.1) is 0 Å². The van der Waals surface area contributed by atoms with Gasteiger partial charge in [0.1, 0.15) is 5.75 Å². The number of nitrogens with zero attached hydrogens (tertiary/aromatic N) is 1. The maximum Gasteiger partial charge on any atom is 0.377 e. The highest BCUT2D eigenvalue weighted by Gasteiger charge is 2.23. The van der Waals surface area contributed by atoms with Crippen LogP contribution in [0.2, 0.25) is 0 Å². The predicted octanol–water partition coefficient (Wildman–Crippen LogP) is 2.79. The van der Waals surface area contributed by atoms with E-state index in [1.165, 1.54) is 0 Å². The summed E-state index contributed by atoms with van der Waals surface area (Å²) in [5, 5.41) is 8.84. The summed E-state index contributed by atoms with van der Waals surface area (Å²) in [6, 6.07) is 11.3. The summed E-state index contributed by atoms with van der Waals surface area (Å²) in [4.78, 5) is 24.7. The molecular formula is C19H19NO4. The van der Waals surface area contributed by atoms with Crippen LogP contribution in [0.4, 0.5) is 0 Å². The van der Waals surface area contributed by atoms with Gasteiger partial charge in [0.05, 0.1) is 7.11 Å². The Kier molecular flexibility index (Phi) is 4.36. The van der Waals surface area contributed by atoms with Crippen molar-refractivity contribution < 1.29 is 19.4 Å². The van der Waals surface area contributed by atoms with Gasteiger partial charge in [-0.3, -0.25) is 9.69 Å². The van der Waals surface area contributed by atoms with E-state index in [1.807, 2.05) is 19.1 Å². The molecule has 124 valence electrons. The first kappa shape index (κ1) is 16.2. The second-order valence-electron chi connectivity index (χ2n) is 6.08. The van der Waals surface area contributed by atoms with Crippen LogP contribution in [0.3, 0.4) is 0 Å². The number of ether oxygens (including phenoxy) is 1. The summed E-state index contributed by atoms with van der Waals surface area (Å²) < 4.78 is 5.45. The zero-order valence-electron chi connectivity index (χ0n) is 13.7. The standard InChI is InChI=1S/C19H19NO4/c1-12-3-4-15(17(7-12)24-2)10-20-9-14-6-5-13(8-16(14)11-20)18(21)19(22)23/h3-8H,9-11H2,1-2H3,(H,22,23). The van der Waals surface area contributed by atoms with Crippen molar-refractivity contribution in [1.82, 2.24) is 4.90 Å². The second-order valence-corrected chi connectivity index (χ2v) is 6.08. The first-order valence-electron chi connectivity index (χ1n) is 7.73. The minimum absolute atomic E-state index is 0.232. The Labute approximate surface area is 140 Å². The number of carboxylic acids is 1. The maximum atomic E-state index is 11.6. The number of ketones is 1. The van der Waals surface area contributed by atoms with Gasteiger partial charge in [0.2, 0.25) is 0 Å². The highest BCUT2D eigenvalue weighted by molar-refractivity contribution is 6.39. The normalized spacial score (nSPS) is 13.6. The average Bonchev–Trinajstić information content (AvgIpc) is 2.96. The SMILES string of the molecule is COc1cc(C)ccc1CN1Cc2ccc(C(=O)C(=O)O)cc2C1. The highest BCUT2D eigenvalue weighted by Crippen LogP contribution is 2.28. The van der Waals surface area contributed by atoms with Gasteiger partial charge in [-0.05, 0) is 35.7 Å². The molecule has 0 bridgehead atoms. The molecule has 0 atom stereocenters. The summed E-state index contributed by atoms with van der Waals surface area (Å²) in [5.74, 6) is -1.42. The van der Waals surface area contributed by atoms with Gasteiger partial charge < -0.3 is 9.84 Å². The molecule has 2 aromatic rings. The molecule has 2 aromatic carbocycles. The number of hydrogen-bond donors (Lipinski definition) is 1. The Morgan fingerprint density at radius 1 is 1.12 bits per heavy atom. The minimum atomic E-state index is -1.42. The van der Waals surface area contributed by atoms with Gasteiger partial charge in [0.15, 0.2) is 0 Å². The number of aryl methyl sites for hydroxylation is 1. The van der Waals surface area contributed by atoms with Gasteiger partial charge >= 0.3 is 5.97 Å². The summed E-state index contributed by atoms with van der Waals surface area (Å²) >= 11 is 0. The number of carbonyl (C=O) groups excluding carboxylic acids is 1. The monoisotopic (exact) mass is 325 g/mol. The molecule has 0 aliphatic carbocycles. The Hall–Kier alpha value is -2.66. The molecule has 1 aliphatic rings. The lowest BCUT2D eigenvalue weighted by Gasteiger charge is -2.17. The van der Waals surface area contributed by atoms with E-state index in [0.29, 0.717) is 6.54 Å². The molecule has 1 N–H and O–H groups in total. The number of rotatable bonds is 5. The lowest BCUT2D eigenvalue weighted by Crippen LogP contribution is -2.16. The van der Waals surface area contributed by atoms with Crippen molar-refractivity contribution in [2.75, 3.05) is 7.11 Å². The third kappa shape index (κ3) is 3.16. The third-order valence-corrected chi connectivity index (χ3v) is 4.29. The fraction of sp³-hybridized carbons (Fsp3) is 0.263. The fourth-order valence-corrected chi connectivity index (χ4v) is 3.06. The summed E-state index contributed by atoms with van der Waals surface area (Å²) in [5.41, 5.74) is 4.63. The van der Waals surface area contributed by atoms with Gasteiger partial charge in [-0.2, -0.15) is 0 Å². The van der Waals surface area contributed by atoms with Crippen molar-refractivity contribution >= 4 is 11.8 Å².